The molecule has 0 aliphatic heterocycles. The van der Waals surface area contributed by atoms with Gasteiger partial charge in [-0.2, -0.15) is 0 Å². The van der Waals surface area contributed by atoms with E-state index in [-0.39, 0.29) is 6.10 Å². The zero-order chi connectivity index (χ0) is 13.8. The van der Waals surface area contributed by atoms with Gasteiger partial charge in [-0.1, -0.05) is 41.6 Å². The van der Waals surface area contributed by atoms with Crippen LogP contribution in [0.2, 0.25) is 0 Å². The van der Waals surface area contributed by atoms with Crippen molar-refractivity contribution in [3.05, 3.63) is 27.7 Å². The smallest absolute Gasteiger partial charge is 0.0715 e. The molecule has 1 fully saturated rings. The highest BCUT2D eigenvalue weighted by Crippen LogP contribution is 2.29. The van der Waals surface area contributed by atoms with Gasteiger partial charge < -0.3 is 10.4 Å². The Kier molecular flexibility index (Phi) is 5.28. The van der Waals surface area contributed by atoms with E-state index >= 15 is 0 Å². The molecule has 0 heterocycles. The highest BCUT2D eigenvalue weighted by molar-refractivity contribution is 9.10. The van der Waals surface area contributed by atoms with Gasteiger partial charge >= 0.3 is 0 Å². The fourth-order valence-electron chi connectivity index (χ4n) is 3.12. The fraction of sp³-hybridized carbons (Fsp3) is 0.625. The Hall–Kier alpha value is -0.540. The van der Waals surface area contributed by atoms with E-state index < -0.39 is 0 Å². The molecule has 1 aromatic rings. The second-order valence-electron chi connectivity index (χ2n) is 5.84. The number of hydrogen-bond acceptors (Lipinski definition) is 2. The molecule has 1 aliphatic carbocycles. The molecule has 1 atom stereocenters. The van der Waals surface area contributed by atoms with E-state index in [0.29, 0.717) is 6.54 Å². The quantitative estimate of drug-likeness (QED) is 0.839. The summed E-state index contributed by atoms with van der Waals surface area (Å²) in [6, 6.07) is 4.22. The van der Waals surface area contributed by atoms with Gasteiger partial charge in [0.25, 0.3) is 0 Å². The van der Waals surface area contributed by atoms with E-state index in [1.54, 1.807) is 0 Å². The molecule has 0 saturated heterocycles. The predicted octanol–water partition coefficient (Wildman–Crippen LogP) is 4.42. The van der Waals surface area contributed by atoms with Crippen molar-refractivity contribution in [1.29, 1.82) is 0 Å². The summed E-state index contributed by atoms with van der Waals surface area (Å²) in [6.07, 6.45) is 6.00. The van der Waals surface area contributed by atoms with Crippen molar-refractivity contribution in [3.63, 3.8) is 0 Å². The Balaban J connectivity index is 1.87. The van der Waals surface area contributed by atoms with Crippen LogP contribution in [0.3, 0.4) is 0 Å². The van der Waals surface area contributed by atoms with Crippen molar-refractivity contribution in [2.24, 2.45) is 5.92 Å². The molecule has 0 amide bonds. The van der Waals surface area contributed by atoms with Crippen LogP contribution in [0, 0.1) is 19.8 Å². The maximum Gasteiger partial charge on any atom is 0.0715 e. The molecule has 106 valence electrons. The summed E-state index contributed by atoms with van der Waals surface area (Å²) in [4.78, 5) is 0. The van der Waals surface area contributed by atoms with Crippen LogP contribution in [0.1, 0.15) is 43.2 Å². The number of aliphatic hydroxyl groups is 1. The van der Waals surface area contributed by atoms with Crippen LogP contribution < -0.4 is 5.32 Å². The molecule has 2 rings (SSSR count). The highest BCUT2D eigenvalue weighted by atomic mass is 79.9. The second-order valence-corrected chi connectivity index (χ2v) is 6.75. The van der Waals surface area contributed by atoms with Gasteiger partial charge in [0.2, 0.25) is 0 Å². The average molecular weight is 326 g/mol. The van der Waals surface area contributed by atoms with Crippen LogP contribution in [0.15, 0.2) is 16.6 Å². The predicted molar refractivity (Wildman–Crippen MR) is 84.7 cm³/mol. The average Bonchev–Trinajstić information content (AvgIpc) is 2.80. The van der Waals surface area contributed by atoms with Crippen LogP contribution >= 0.6 is 15.9 Å². The summed E-state index contributed by atoms with van der Waals surface area (Å²) >= 11 is 3.51. The number of nitrogens with one attached hydrogen (secondary N) is 1. The lowest BCUT2D eigenvalue weighted by Crippen LogP contribution is -2.22. The summed E-state index contributed by atoms with van der Waals surface area (Å²) in [6.45, 7) is 4.85. The van der Waals surface area contributed by atoms with Gasteiger partial charge in [-0.05, 0) is 49.4 Å². The largest absolute Gasteiger partial charge is 0.391 e. The molecular formula is C16H24BrNO. The van der Waals surface area contributed by atoms with E-state index in [9.17, 15) is 5.11 Å². The lowest BCUT2D eigenvalue weighted by molar-refractivity contribution is 0.155. The first-order valence-corrected chi connectivity index (χ1v) is 8.04. The standard InChI is InChI=1S/C16H24BrNO/c1-11-7-14(17)8-12(2)16(11)18-10-15(19)9-13-5-3-4-6-13/h7-8,13,15,18-19H,3-6,9-10H2,1-2H3. The van der Waals surface area contributed by atoms with E-state index in [4.69, 9.17) is 0 Å². The first-order valence-electron chi connectivity index (χ1n) is 7.25. The van der Waals surface area contributed by atoms with Crippen molar-refractivity contribution < 1.29 is 5.11 Å². The van der Waals surface area contributed by atoms with Crippen molar-refractivity contribution in [2.75, 3.05) is 11.9 Å². The Morgan fingerprint density at radius 1 is 1.26 bits per heavy atom. The zero-order valence-corrected chi connectivity index (χ0v) is 13.5. The zero-order valence-electron chi connectivity index (χ0n) is 11.9. The minimum Gasteiger partial charge on any atom is -0.391 e. The molecule has 0 aromatic heterocycles. The number of aliphatic hydroxyl groups excluding tert-OH is 1. The first kappa shape index (κ1) is 14.9. The normalized spacial score (nSPS) is 17.7. The summed E-state index contributed by atoms with van der Waals surface area (Å²) in [5, 5.41) is 13.5. The Labute approximate surface area is 124 Å². The van der Waals surface area contributed by atoms with E-state index in [1.807, 2.05) is 0 Å². The molecule has 2 N–H and O–H groups in total. The number of halogens is 1. The third-order valence-electron chi connectivity index (χ3n) is 4.09. The van der Waals surface area contributed by atoms with Crippen LogP contribution in [-0.4, -0.2) is 17.8 Å². The number of aryl methyl sites for hydroxylation is 2. The van der Waals surface area contributed by atoms with Crippen molar-refractivity contribution >= 4 is 21.6 Å². The molecule has 19 heavy (non-hydrogen) atoms. The number of rotatable bonds is 5. The van der Waals surface area contributed by atoms with Crippen LogP contribution in [0.25, 0.3) is 0 Å². The van der Waals surface area contributed by atoms with E-state index in [2.05, 4.69) is 47.2 Å². The summed E-state index contributed by atoms with van der Waals surface area (Å²) < 4.78 is 1.11. The van der Waals surface area contributed by atoms with Gasteiger partial charge in [0.15, 0.2) is 0 Å². The van der Waals surface area contributed by atoms with Gasteiger partial charge in [0.05, 0.1) is 6.10 Å². The van der Waals surface area contributed by atoms with Gasteiger partial charge in [-0.15, -0.1) is 0 Å². The van der Waals surface area contributed by atoms with Crippen molar-refractivity contribution in [3.8, 4) is 0 Å². The maximum atomic E-state index is 10.1. The van der Waals surface area contributed by atoms with Gasteiger partial charge in [0, 0.05) is 16.7 Å². The van der Waals surface area contributed by atoms with E-state index in [1.165, 1.54) is 36.8 Å². The molecule has 3 heteroatoms. The Bertz CT molecular complexity index is 404. The monoisotopic (exact) mass is 325 g/mol. The molecule has 1 unspecified atom stereocenters. The summed E-state index contributed by atoms with van der Waals surface area (Å²) in [5.41, 5.74) is 3.61. The lowest BCUT2D eigenvalue weighted by Gasteiger charge is -2.19. The molecule has 0 bridgehead atoms. The molecule has 1 saturated carbocycles. The topological polar surface area (TPSA) is 32.3 Å². The second kappa shape index (κ2) is 6.76. The number of benzene rings is 1. The first-order chi connectivity index (χ1) is 9.06. The lowest BCUT2D eigenvalue weighted by atomic mass is 10.00. The van der Waals surface area contributed by atoms with Gasteiger partial charge in [0.1, 0.15) is 0 Å². The minimum absolute atomic E-state index is 0.231. The molecule has 0 spiro atoms. The van der Waals surface area contributed by atoms with Crippen molar-refractivity contribution in [2.45, 2.75) is 52.1 Å². The van der Waals surface area contributed by atoms with Crippen LogP contribution in [-0.2, 0) is 0 Å². The van der Waals surface area contributed by atoms with Crippen molar-refractivity contribution in [1.82, 2.24) is 0 Å². The van der Waals surface area contributed by atoms with Crippen LogP contribution in [0.4, 0.5) is 5.69 Å². The maximum absolute atomic E-state index is 10.1. The fourth-order valence-corrected chi connectivity index (χ4v) is 3.81. The molecule has 0 radical (unpaired) electrons. The number of anilines is 1. The van der Waals surface area contributed by atoms with Gasteiger partial charge in [-0.25, -0.2) is 0 Å². The molecule has 2 nitrogen and oxygen atoms in total. The minimum atomic E-state index is -0.231. The summed E-state index contributed by atoms with van der Waals surface area (Å²) in [7, 11) is 0. The Morgan fingerprint density at radius 2 is 1.84 bits per heavy atom. The molecular weight excluding hydrogens is 302 g/mol. The van der Waals surface area contributed by atoms with Gasteiger partial charge in [-0.3, -0.25) is 0 Å². The summed E-state index contributed by atoms with van der Waals surface area (Å²) in [5.74, 6) is 0.740. The SMILES string of the molecule is Cc1cc(Br)cc(C)c1NCC(O)CC1CCCC1. The number of hydrogen-bond donors (Lipinski definition) is 2. The molecule has 1 aliphatic rings. The van der Waals surface area contributed by atoms with Crippen LogP contribution in [0.5, 0.6) is 0 Å². The third-order valence-corrected chi connectivity index (χ3v) is 4.55. The molecule has 1 aromatic carbocycles. The Morgan fingerprint density at radius 3 is 2.42 bits per heavy atom. The highest BCUT2D eigenvalue weighted by Gasteiger charge is 2.18. The van der Waals surface area contributed by atoms with E-state index in [0.717, 1.165) is 22.5 Å². The third kappa shape index (κ3) is 4.22.